The largest absolute Gasteiger partial charge is 3.00 e. The van der Waals surface area contributed by atoms with Gasteiger partial charge >= 0.3 is 32.7 Å². The molecule has 1 aromatic rings. The number of aryl methyl sites for hydroxylation is 1. The maximum Gasteiger partial charge on any atom is 3.00 e. The van der Waals surface area contributed by atoms with Crippen molar-refractivity contribution in [2.75, 3.05) is 0 Å². The van der Waals surface area contributed by atoms with Gasteiger partial charge in [0.25, 0.3) is 0 Å². The fourth-order valence-electron chi connectivity index (χ4n) is 1.51. The first-order valence-electron chi connectivity index (χ1n) is 3.90. The Labute approximate surface area is 103 Å². The Hall–Kier alpha value is -0.446. The van der Waals surface area contributed by atoms with Crippen molar-refractivity contribution in [1.82, 2.24) is 0 Å². The van der Waals surface area contributed by atoms with Crippen molar-refractivity contribution in [2.24, 2.45) is 0 Å². The van der Waals surface area contributed by atoms with Crippen LogP contribution in [-0.2, 0) is 39.1 Å². The van der Waals surface area contributed by atoms with Gasteiger partial charge in [-0.3, -0.25) is 10.7 Å². The molecule has 0 atom stereocenters. The van der Waals surface area contributed by atoms with Crippen LogP contribution in [0.2, 0.25) is 0 Å². The number of Topliss-reactive ketones (excluding diaryl/α,β-unsaturated/α-hetero) is 1. The second kappa shape index (κ2) is 4.18. The van der Waals surface area contributed by atoms with E-state index < -0.39 is 0 Å². The van der Waals surface area contributed by atoms with Crippen molar-refractivity contribution in [3.63, 3.8) is 0 Å². The molecule has 0 aromatic heterocycles. The normalized spacial score (nSPS) is 13.0. The van der Waals surface area contributed by atoms with Crippen LogP contribution in [0, 0.1) is 12.3 Å². The molecule has 0 amide bonds. The van der Waals surface area contributed by atoms with Crippen LogP contribution in [0.25, 0.3) is 0 Å². The van der Waals surface area contributed by atoms with Gasteiger partial charge in [-0.25, -0.2) is 0 Å². The molecule has 0 N–H and O–H groups in total. The minimum absolute atomic E-state index is 0. The van der Waals surface area contributed by atoms with Gasteiger partial charge in [0, 0.05) is 12.0 Å². The Balaban J connectivity index is 0.000000845. The molecule has 0 spiro atoms. The Morgan fingerprint density at radius 1 is 1.31 bits per heavy atom. The quantitative estimate of drug-likeness (QED) is 0.502. The van der Waals surface area contributed by atoms with Crippen LogP contribution < -0.4 is 0 Å². The van der Waals surface area contributed by atoms with Crippen molar-refractivity contribution in [3.05, 3.63) is 41.3 Å². The number of ketones is 1. The molecule has 0 aliphatic heterocycles. The van der Waals surface area contributed by atoms with Gasteiger partial charge in [-0.1, -0.05) is 6.07 Å². The minimum Gasteiger partial charge on any atom is -0.366 e. The summed E-state index contributed by atoms with van der Waals surface area (Å²) in [4.78, 5) is 11.2. The van der Waals surface area contributed by atoms with E-state index in [9.17, 15) is 4.79 Å². The van der Waals surface area contributed by atoms with Crippen molar-refractivity contribution in [1.29, 1.82) is 0 Å². The first-order chi connectivity index (χ1) is 5.81. The summed E-state index contributed by atoms with van der Waals surface area (Å²) in [5.74, 6) is 2.47. The van der Waals surface area contributed by atoms with Crippen molar-refractivity contribution >= 4 is 5.78 Å². The summed E-state index contributed by atoms with van der Waals surface area (Å²) in [5, 5.41) is 0. The number of hydrogen-bond acceptors (Lipinski definition) is 1. The average molecular weight is 244 g/mol. The molecule has 1 aromatic carbocycles. The third-order valence-electron chi connectivity index (χ3n) is 2.18. The first-order valence-corrected chi connectivity index (χ1v) is 3.90. The maximum atomic E-state index is 11.2. The van der Waals surface area contributed by atoms with Crippen LogP contribution in [0.1, 0.15) is 27.9 Å². The van der Waals surface area contributed by atoms with Crippen LogP contribution in [0.3, 0.4) is 0 Å². The molecular weight excluding hydrogens is 237 g/mol. The number of carbonyl (C=O) groups excluding carboxylic acids is 1. The Morgan fingerprint density at radius 2 is 2.08 bits per heavy atom. The number of rotatable bonds is 0. The molecule has 0 radical (unpaired) electrons. The van der Waals surface area contributed by atoms with Crippen LogP contribution in [0.15, 0.2) is 18.2 Å². The zero-order valence-electron chi connectivity index (χ0n) is 7.13. The van der Waals surface area contributed by atoms with Gasteiger partial charge in [0.15, 0.2) is 5.78 Å². The summed E-state index contributed by atoms with van der Waals surface area (Å²) in [6, 6.07) is 5.49. The van der Waals surface area contributed by atoms with E-state index in [0.29, 0.717) is 12.0 Å². The molecular formula is C11H7OY+2. The van der Waals surface area contributed by atoms with E-state index in [1.54, 1.807) is 6.07 Å². The standard InChI is InChI=1S/C11H7O.Y/c1-2-8-3-4-9-5-6-11(12)10(9)7-8;/h3-4,7H,5-6H2;/q-1;+3. The molecule has 1 nitrogen and oxygen atoms in total. The second-order valence-electron chi connectivity index (χ2n) is 2.92. The number of benzene rings is 1. The third kappa shape index (κ3) is 1.90. The predicted molar refractivity (Wildman–Crippen MR) is 45.3 cm³/mol. The van der Waals surface area contributed by atoms with Crippen LogP contribution in [0.4, 0.5) is 0 Å². The molecule has 13 heavy (non-hydrogen) atoms. The zero-order chi connectivity index (χ0) is 8.55. The molecule has 2 rings (SSSR count). The van der Waals surface area contributed by atoms with E-state index in [4.69, 9.17) is 6.42 Å². The van der Waals surface area contributed by atoms with Crippen LogP contribution in [-0.4, -0.2) is 5.78 Å². The minimum atomic E-state index is 0. The predicted octanol–water partition coefficient (Wildman–Crippen LogP) is 1.75. The van der Waals surface area contributed by atoms with E-state index >= 15 is 0 Å². The maximum absolute atomic E-state index is 11.2. The molecule has 0 saturated heterocycles. The topological polar surface area (TPSA) is 17.1 Å². The smallest absolute Gasteiger partial charge is 0.366 e. The third-order valence-corrected chi connectivity index (χ3v) is 2.18. The number of carbonyl (C=O) groups is 1. The monoisotopic (exact) mass is 244 g/mol. The molecule has 1 aliphatic carbocycles. The van der Waals surface area contributed by atoms with Crippen molar-refractivity contribution < 1.29 is 37.5 Å². The van der Waals surface area contributed by atoms with Crippen LogP contribution >= 0.6 is 0 Å². The summed E-state index contributed by atoms with van der Waals surface area (Å²) in [7, 11) is 0. The van der Waals surface area contributed by atoms with E-state index in [-0.39, 0.29) is 38.5 Å². The number of fused-ring (bicyclic) bond motifs is 1. The second-order valence-corrected chi connectivity index (χ2v) is 2.92. The molecule has 0 unspecified atom stereocenters. The van der Waals surface area contributed by atoms with Gasteiger partial charge < -0.3 is 6.42 Å². The van der Waals surface area contributed by atoms with E-state index in [0.717, 1.165) is 17.5 Å². The fraction of sp³-hybridized carbons (Fsp3) is 0.182. The summed E-state index contributed by atoms with van der Waals surface area (Å²) < 4.78 is 0. The van der Waals surface area contributed by atoms with Gasteiger partial charge in [-0.2, -0.15) is 0 Å². The average Bonchev–Trinajstić information content (AvgIpc) is 2.47. The first kappa shape index (κ1) is 10.6. The van der Waals surface area contributed by atoms with E-state index in [1.165, 1.54) is 0 Å². The van der Waals surface area contributed by atoms with Crippen LogP contribution in [0.5, 0.6) is 0 Å². The fourth-order valence-corrected chi connectivity index (χ4v) is 1.51. The molecule has 0 bridgehead atoms. The summed E-state index contributed by atoms with van der Waals surface area (Å²) in [6.45, 7) is 0. The summed E-state index contributed by atoms with van der Waals surface area (Å²) in [6.07, 6.45) is 8.39. The Kier molecular flexibility index (Phi) is 3.42. The molecule has 58 valence electrons. The zero-order valence-corrected chi connectivity index (χ0v) is 9.97. The van der Waals surface area contributed by atoms with Gasteiger partial charge in [-0.05, 0) is 12.0 Å². The number of hydrogen-bond donors (Lipinski definition) is 0. The van der Waals surface area contributed by atoms with Crippen molar-refractivity contribution in [3.8, 4) is 5.92 Å². The van der Waals surface area contributed by atoms with Gasteiger partial charge in [-0.15, -0.1) is 17.7 Å². The molecule has 2 heteroatoms. The van der Waals surface area contributed by atoms with Gasteiger partial charge in [0.2, 0.25) is 0 Å². The van der Waals surface area contributed by atoms with Gasteiger partial charge in [0.1, 0.15) is 0 Å². The van der Waals surface area contributed by atoms with E-state index in [2.05, 4.69) is 5.92 Å². The molecule has 0 fully saturated rings. The van der Waals surface area contributed by atoms with Crippen molar-refractivity contribution in [2.45, 2.75) is 12.8 Å². The Bertz CT molecular complexity index is 388. The van der Waals surface area contributed by atoms with Gasteiger partial charge in [0.05, 0.1) is 0 Å². The van der Waals surface area contributed by atoms with E-state index in [1.807, 2.05) is 12.1 Å². The molecule has 1 aliphatic rings. The SMILES string of the molecule is [C-]#Cc1ccc2c(c1)C(=O)CC2.[Y+3]. The Morgan fingerprint density at radius 3 is 2.77 bits per heavy atom. The molecule has 0 saturated carbocycles. The summed E-state index contributed by atoms with van der Waals surface area (Å²) in [5.41, 5.74) is 2.58. The molecule has 0 heterocycles. The summed E-state index contributed by atoms with van der Waals surface area (Å²) >= 11 is 0.